The van der Waals surface area contributed by atoms with Crippen LogP contribution in [0.1, 0.15) is 20.3 Å². The minimum Gasteiger partial charge on any atom is -0.449 e. The lowest BCUT2D eigenvalue weighted by Crippen LogP contribution is -2.39. The quantitative estimate of drug-likeness (QED) is 0.928. The number of carbonyl (C=O) groups excluding carboxylic acids is 2. The molecule has 0 saturated carbocycles. The topological polar surface area (TPSA) is 74.8 Å². The Morgan fingerprint density at radius 2 is 2.00 bits per heavy atom. The second-order valence-electron chi connectivity index (χ2n) is 5.97. The highest BCUT2D eigenvalue weighted by Crippen LogP contribution is 2.09. The standard InChI is InChI=1S/C16H24N4O3/c1-13(2)12-23-16(22)20-8-4-7-19(9-10-20)15(21)18-14-5-3-6-17-11-14/h3,5-6,11,13H,4,7-10,12H2,1-2H3,(H,18,21). The van der Waals surface area contributed by atoms with Crippen molar-refractivity contribution in [2.45, 2.75) is 20.3 Å². The number of hydrogen-bond donors (Lipinski definition) is 1. The minimum absolute atomic E-state index is 0.171. The summed E-state index contributed by atoms with van der Waals surface area (Å²) < 4.78 is 5.25. The normalized spacial score (nSPS) is 15.3. The van der Waals surface area contributed by atoms with E-state index in [0.717, 1.165) is 6.42 Å². The van der Waals surface area contributed by atoms with E-state index in [-0.39, 0.29) is 12.1 Å². The molecule has 0 aromatic carbocycles. The lowest BCUT2D eigenvalue weighted by atomic mass is 10.2. The monoisotopic (exact) mass is 320 g/mol. The second-order valence-corrected chi connectivity index (χ2v) is 5.97. The predicted molar refractivity (Wildman–Crippen MR) is 87.2 cm³/mol. The third kappa shape index (κ3) is 5.43. The molecule has 0 unspecified atom stereocenters. The number of ether oxygens (including phenoxy) is 1. The number of anilines is 1. The van der Waals surface area contributed by atoms with Gasteiger partial charge in [0.1, 0.15) is 0 Å². The number of carbonyl (C=O) groups is 2. The SMILES string of the molecule is CC(C)COC(=O)N1CCCN(C(=O)Nc2cccnc2)CC1. The zero-order chi connectivity index (χ0) is 16.7. The first-order valence-electron chi connectivity index (χ1n) is 7.94. The van der Waals surface area contributed by atoms with Crippen LogP contribution in [0.3, 0.4) is 0 Å². The van der Waals surface area contributed by atoms with E-state index < -0.39 is 0 Å². The molecular weight excluding hydrogens is 296 g/mol. The van der Waals surface area contributed by atoms with Crippen LogP contribution in [-0.4, -0.2) is 59.7 Å². The van der Waals surface area contributed by atoms with Gasteiger partial charge >= 0.3 is 12.1 Å². The second kappa shape index (κ2) is 8.36. The lowest BCUT2D eigenvalue weighted by molar-refractivity contribution is 0.0934. The average Bonchev–Trinajstić information content (AvgIpc) is 2.79. The van der Waals surface area contributed by atoms with Crippen LogP contribution in [0.15, 0.2) is 24.5 Å². The molecule has 2 heterocycles. The van der Waals surface area contributed by atoms with Crippen molar-refractivity contribution in [3.8, 4) is 0 Å². The highest BCUT2D eigenvalue weighted by Gasteiger charge is 2.23. The first kappa shape index (κ1) is 17.1. The van der Waals surface area contributed by atoms with Gasteiger partial charge in [0.15, 0.2) is 0 Å². The summed E-state index contributed by atoms with van der Waals surface area (Å²) in [5, 5.41) is 2.81. The van der Waals surface area contributed by atoms with E-state index in [1.807, 2.05) is 13.8 Å². The van der Waals surface area contributed by atoms with Gasteiger partial charge in [0.25, 0.3) is 0 Å². The van der Waals surface area contributed by atoms with Crippen LogP contribution in [0.4, 0.5) is 15.3 Å². The molecule has 2 rings (SSSR count). The van der Waals surface area contributed by atoms with E-state index in [4.69, 9.17) is 4.74 Å². The van der Waals surface area contributed by atoms with E-state index in [0.29, 0.717) is 44.4 Å². The van der Waals surface area contributed by atoms with Gasteiger partial charge in [-0.3, -0.25) is 4.98 Å². The van der Waals surface area contributed by atoms with Gasteiger partial charge in [0, 0.05) is 32.4 Å². The third-order valence-corrected chi connectivity index (χ3v) is 3.49. The Balaban J connectivity index is 1.83. The maximum absolute atomic E-state index is 12.3. The Morgan fingerprint density at radius 3 is 2.70 bits per heavy atom. The van der Waals surface area contributed by atoms with Crippen LogP contribution < -0.4 is 5.32 Å². The molecule has 1 fully saturated rings. The van der Waals surface area contributed by atoms with Crippen LogP contribution in [0.25, 0.3) is 0 Å². The fraction of sp³-hybridized carbons (Fsp3) is 0.562. The summed E-state index contributed by atoms with van der Waals surface area (Å²) in [5.74, 6) is 0.313. The van der Waals surface area contributed by atoms with Crippen molar-refractivity contribution in [1.29, 1.82) is 0 Å². The summed E-state index contributed by atoms with van der Waals surface area (Å²) in [7, 11) is 0. The van der Waals surface area contributed by atoms with Crippen molar-refractivity contribution < 1.29 is 14.3 Å². The van der Waals surface area contributed by atoms with Crippen molar-refractivity contribution in [2.75, 3.05) is 38.1 Å². The molecule has 3 amide bonds. The maximum Gasteiger partial charge on any atom is 0.409 e. The number of rotatable bonds is 3. The molecular formula is C16H24N4O3. The van der Waals surface area contributed by atoms with Crippen LogP contribution in [0, 0.1) is 5.92 Å². The van der Waals surface area contributed by atoms with Crippen LogP contribution in [0.5, 0.6) is 0 Å². The largest absolute Gasteiger partial charge is 0.449 e. The Bertz CT molecular complexity index is 521. The summed E-state index contributed by atoms with van der Waals surface area (Å²) in [5.41, 5.74) is 0.662. The van der Waals surface area contributed by atoms with Crippen molar-refractivity contribution >= 4 is 17.8 Å². The van der Waals surface area contributed by atoms with Crippen LogP contribution in [-0.2, 0) is 4.74 Å². The minimum atomic E-state index is -0.298. The van der Waals surface area contributed by atoms with Gasteiger partial charge in [-0.05, 0) is 24.5 Å². The number of urea groups is 1. The van der Waals surface area contributed by atoms with E-state index in [1.165, 1.54) is 0 Å². The lowest BCUT2D eigenvalue weighted by Gasteiger charge is -2.22. The molecule has 0 aliphatic carbocycles. The van der Waals surface area contributed by atoms with Gasteiger partial charge in [-0.1, -0.05) is 13.8 Å². The van der Waals surface area contributed by atoms with Crippen molar-refractivity contribution in [3.63, 3.8) is 0 Å². The average molecular weight is 320 g/mol. The van der Waals surface area contributed by atoms with Crippen molar-refractivity contribution in [3.05, 3.63) is 24.5 Å². The van der Waals surface area contributed by atoms with Gasteiger partial charge in [-0.25, -0.2) is 9.59 Å². The number of nitrogens with one attached hydrogen (secondary N) is 1. The number of pyridine rings is 1. The molecule has 0 radical (unpaired) electrons. The van der Waals surface area contributed by atoms with E-state index in [2.05, 4.69) is 10.3 Å². The molecule has 7 nitrogen and oxygen atoms in total. The molecule has 1 aromatic rings. The molecule has 0 atom stereocenters. The predicted octanol–water partition coefficient (Wildman–Crippen LogP) is 2.41. The number of hydrogen-bond acceptors (Lipinski definition) is 4. The smallest absolute Gasteiger partial charge is 0.409 e. The van der Waals surface area contributed by atoms with Crippen LogP contribution in [0.2, 0.25) is 0 Å². The molecule has 126 valence electrons. The summed E-state index contributed by atoms with van der Waals surface area (Å²) in [6.07, 6.45) is 3.69. The summed E-state index contributed by atoms with van der Waals surface area (Å²) in [4.78, 5) is 31.6. The Kier molecular flexibility index (Phi) is 6.19. The highest BCUT2D eigenvalue weighted by molar-refractivity contribution is 5.89. The van der Waals surface area contributed by atoms with Gasteiger partial charge in [-0.2, -0.15) is 0 Å². The van der Waals surface area contributed by atoms with Gasteiger partial charge in [0.05, 0.1) is 18.5 Å². The van der Waals surface area contributed by atoms with E-state index in [1.54, 1.807) is 34.3 Å². The first-order valence-corrected chi connectivity index (χ1v) is 7.94. The zero-order valence-corrected chi connectivity index (χ0v) is 13.7. The van der Waals surface area contributed by atoms with Crippen LogP contribution >= 0.6 is 0 Å². The fourth-order valence-electron chi connectivity index (χ4n) is 2.27. The maximum atomic E-state index is 12.3. The number of aromatic nitrogens is 1. The Morgan fingerprint density at radius 1 is 1.26 bits per heavy atom. The highest BCUT2D eigenvalue weighted by atomic mass is 16.6. The number of nitrogens with zero attached hydrogens (tertiary/aromatic N) is 3. The van der Waals surface area contributed by atoms with Crippen molar-refractivity contribution in [2.24, 2.45) is 5.92 Å². The molecule has 0 spiro atoms. The third-order valence-electron chi connectivity index (χ3n) is 3.49. The molecule has 23 heavy (non-hydrogen) atoms. The molecule has 1 N–H and O–H groups in total. The molecule has 0 bridgehead atoms. The van der Waals surface area contributed by atoms with E-state index >= 15 is 0 Å². The summed E-state index contributed by atoms with van der Waals surface area (Å²) >= 11 is 0. The molecule has 7 heteroatoms. The van der Waals surface area contributed by atoms with Gasteiger partial charge in [0.2, 0.25) is 0 Å². The summed E-state index contributed by atoms with van der Waals surface area (Å²) in [6, 6.07) is 3.39. The summed E-state index contributed by atoms with van der Waals surface area (Å²) in [6.45, 7) is 6.61. The Labute approximate surface area is 136 Å². The molecule has 1 aliphatic rings. The zero-order valence-electron chi connectivity index (χ0n) is 13.7. The molecule has 1 aromatic heterocycles. The first-order chi connectivity index (χ1) is 11.1. The van der Waals surface area contributed by atoms with Gasteiger partial charge < -0.3 is 19.9 Å². The molecule has 1 aliphatic heterocycles. The molecule has 1 saturated heterocycles. The fourth-order valence-corrected chi connectivity index (χ4v) is 2.27. The van der Waals surface area contributed by atoms with Gasteiger partial charge in [-0.15, -0.1) is 0 Å². The Hall–Kier alpha value is -2.31. The van der Waals surface area contributed by atoms with Crippen molar-refractivity contribution in [1.82, 2.24) is 14.8 Å². The van der Waals surface area contributed by atoms with E-state index in [9.17, 15) is 9.59 Å². The number of amides is 3.